The van der Waals surface area contributed by atoms with Gasteiger partial charge in [-0.1, -0.05) is 30.3 Å². The molecule has 31 heavy (non-hydrogen) atoms. The van der Waals surface area contributed by atoms with Gasteiger partial charge in [0.25, 0.3) is 0 Å². The summed E-state index contributed by atoms with van der Waals surface area (Å²) in [6.07, 6.45) is 2.91. The quantitative estimate of drug-likeness (QED) is 0.640. The SMILES string of the molecule is Cn1c(=O)n(C2CCC(=O)NC2=O)c2ccc(-c3ccc(C4CCNCC4)cc3)cc21. The molecule has 0 saturated carbocycles. The lowest BCUT2D eigenvalue weighted by Gasteiger charge is -2.23. The summed E-state index contributed by atoms with van der Waals surface area (Å²) in [7, 11) is 1.72. The zero-order valence-corrected chi connectivity index (χ0v) is 17.6. The molecule has 1 atom stereocenters. The molecule has 7 nitrogen and oxygen atoms in total. The predicted molar refractivity (Wildman–Crippen MR) is 119 cm³/mol. The molecular formula is C24H26N4O3. The fourth-order valence-electron chi connectivity index (χ4n) is 4.88. The van der Waals surface area contributed by atoms with Crippen LogP contribution in [0.15, 0.2) is 47.3 Å². The number of carbonyl (C=O) groups excluding carboxylic acids is 2. The lowest BCUT2D eigenvalue weighted by atomic mass is 9.89. The van der Waals surface area contributed by atoms with Crippen molar-refractivity contribution in [2.24, 2.45) is 7.05 Å². The highest BCUT2D eigenvalue weighted by Crippen LogP contribution is 2.30. The largest absolute Gasteiger partial charge is 0.329 e. The van der Waals surface area contributed by atoms with Crippen LogP contribution in [0.5, 0.6) is 0 Å². The molecule has 2 aliphatic rings. The Kier molecular flexibility index (Phi) is 4.98. The van der Waals surface area contributed by atoms with Crippen LogP contribution in [0.25, 0.3) is 22.2 Å². The summed E-state index contributed by atoms with van der Waals surface area (Å²) in [4.78, 5) is 36.8. The highest BCUT2D eigenvalue weighted by Gasteiger charge is 2.31. The summed E-state index contributed by atoms with van der Waals surface area (Å²) in [5.74, 6) is -0.0886. The van der Waals surface area contributed by atoms with E-state index >= 15 is 0 Å². The molecule has 0 radical (unpaired) electrons. The number of amides is 2. The van der Waals surface area contributed by atoms with Gasteiger partial charge in [-0.25, -0.2) is 4.79 Å². The molecule has 1 unspecified atom stereocenters. The molecule has 2 fully saturated rings. The van der Waals surface area contributed by atoms with Crippen molar-refractivity contribution in [3.8, 4) is 11.1 Å². The standard InChI is InChI=1S/C24H26N4O3/c1-27-21-14-18(16-4-2-15(3-5-16)17-10-12-25-13-11-17)6-7-19(21)28(24(27)31)20-8-9-22(29)26-23(20)30/h2-7,14,17,20,25H,8-13H2,1H3,(H,26,29,30). The minimum atomic E-state index is -0.663. The van der Waals surface area contributed by atoms with Crippen molar-refractivity contribution in [3.05, 3.63) is 58.5 Å². The molecule has 5 rings (SSSR count). The third-order valence-corrected chi connectivity index (χ3v) is 6.67. The first-order chi connectivity index (χ1) is 15.0. The van der Waals surface area contributed by atoms with Gasteiger partial charge in [0, 0.05) is 13.5 Å². The number of aromatic nitrogens is 2. The number of benzene rings is 2. The number of carbonyl (C=O) groups is 2. The maximum atomic E-state index is 12.9. The number of piperidine rings is 2. The highest BCUT2D eigenvalue weighted by atomic mass is 16.2. The van der Waals surface area contributed by atoms with Crippen LogP contribution in [0.1, 0.15) is 43.2 Å². The number of imidazole rings is 1. The predicted octanol–water partition coefficient (Wildman–Crippen LogP) is 2.45. The van der Waals surface area contributed by atoms with E-state index in [1.807, 2.05) is 18.2 Å². The zero-order chi connectivity index (χ0) is 21.5. The number of rotatable bonds is 3. The number of nitrogens with zero attached hydrogens (tertiary/aromatic N) is 2. The van der Waals surface area contributed by atoms with E-state index in [2.05, 4.69) is 34.9 Å². The van der Waals surface area contributed by atoms with E-state index in [9.17, 15) is 14.4 Å². The Balaban J connectivity index is 1.49. The van der Waals surface area contributed by atoms with Crippen LogP contribution >= 0.6 is 0 Å². The summed E-state index contributed by atoms with van der Waals surface area (Å²) < 4.78 is 3.09. The summed E-state index contributed by atoms with van der Waals surface area (Å²) in [5.41, 5.74) is 4.73. The van der Waals surface area contributed by atoms with E-state index in [0.29, 0.717) is 17.9 Å². The molecule has 2 amide bonds. The molecule has 3 aromatic rings. The fourth-order valence-corrected chi connectivity index (χ4v) is 4.88. The third-order valence-electron chi connectivity index (χ3n) is 6.67. The van der Waals surface area contributed by atoms with Crippen LogP contribution in [0.4, 0.5) is 0 Å². The maximum absolute atomic E-state index is 12.9. The van der Waals surface area contributed by atoms with Crippen molar-refractivity contribution >= 4 is 22.8 Å². The molecule has 2 saturated heterocycles. The highest BCUT2D eigenvalue weighted by molar-refractivity contribution is 6.00. The zero-order valence-electron chi connectivity index (χ0n) is 17.6. The third kappa shape index (κ3) is 3.49. The number of hydrogen-bond donors (Lipinski definition) is 2. The molecule has 7 heteroatoms. The molecule has 3 heterocycles. The van der Waals surface area contributed by atoms with Gasteiger partial charge in [-0.15, -0.1) is 0 Å². The summed E-state index contributed by atoms with van der Waals surface area (Å²) in [6, 6.07) is 13.9. The number of imide groups is 1. The van der Waals surface area contributed by atoms with E-state index < -0.39 is 11.9 Å². The lowest BCUT2D eigenvalue weighted by molar-refractivity contribution is -0.135. The molecule has 0 aliphatic carbocycles. The lowest BCUT2D eigenvalue weighted by Crippen LogP contribution is -2.44. The first-order valence-electron chi connectivity index (χ1n) is 10.9. The van der Waals surface area contributed by atoms with Crippen molar-refractivity contribution in [3.63, 3.8) is 0 Å². The van der Waals surface area contributed by atoms with E-state index in [4.69, 9.17) is 0 Å². The van der Waals surface area contributed by atoms with Crippen molar-refractivity contribution in [2.45, 2.75) is 37.6 Å². The normalized spacial score (nSPS) is 20.2. The first-order valence-corrected chi connectivity index (χ1v) is 10.9. The van der Waals surface area contributed by atoms with Gasteiger partial charge in [0.1, 0.15) is 6.04 Å². The Morgan fingerprint density at radius 1 is 0.871 bits per heavy atom. The monoisotopic (exact) mass is 418 g/mol. The number of aryl methyl sites for hydroxylation is 1. The maximum Gasteiger partial charge on any atom is 0.329 e. The van der Waals surface area contributed by atoms with Crippen LogP contribution in [-0.4, -0.2) is 34.0 Å². The Hall–Kier alpha value is -3.19. The van der Waals surface area contributed by atoms with Gasteiger partial charge in [-0.3, -0.25) is 24.0 Å². The van der Waals surface area contributed by atoms with Crippen LogP contribution in [-0.2, 0) is 16.6 Å². The van der Waals surface area contributed by atoms with Gasteiger partial charge >= 0.3 is 5.69 Å². The summed E-state index contributed by atoms with van der Waals surface area (Å²) in [6.45, 7) is 2.14. The van der Waals surface area contributed by atoms with Gasteiger partial charge < -0.3 is 5.32 Å². The molecular weight excluding hydrogens is 392 g/mol. The van der Waals surface area contributed by atoms with Gasteiger partial charge in [0.05, 0.1) is 11.0 Å². The average Bonchev–Trinajstić information content (AvgIpc) is 3.04. The van der Waals surface area contributed by atoms with Crippen molar-refractivity contribution in [1.29, 1.82) is 0 Å². The number of fused-ring (bicyclic) bond motifs is 1. The molecule has 1 aromatic heterocycles. The first kappa shape index (κ1) is 19.8. The van der Waals surface area contributed by atoms with Gasteiger partial charge in [-0.05, 0) is 67.1 Å². The van der Waals surface area contributed by atoms with Crippen LogP contribution < -0.4 is 16.3 Å². The van der Waals surface area contributed by atoms with Crippen molar-refractivity contribution in [2.75, 3.05) is 13.1 Å². The minimum Gasteiger partial charge on any atom is -0.317 e. The van der Waals surface area contributed by atoms with Crippen molar-refractivity contribution in [1.82, 2.24) is 19.8 Å². The van der Waals surface area contributed by atoms with Gasteiger partial charge in [0.2, 0.25) is 11.8 Å². The second-order valence-corrected chi connectivity index (χ2v) is 8.53. The topological polar surface area (TPSA) is 85.1 Å². The molecule has 160 valence electrons. The van der Waals surface area contributed by atoms with E-state index in [1.54, 1.807) is 11.6 Å². The Bertz CT molecular complexity index is 1220. The molecule has 0 spiro atoms. The van der Waals surface area contributed by atoms with Crippen molar-refractivity contribution < 1.29 is 9.59 Å². The van der Waals surface area contributed by atoms with Crippen LogP contribution in [0, 0.1) is 0 Å². The molecule has 2 aromatic carbocycles. The van der Waals surface area contributed by atoms with E-state index in [0.717, 1.165) is 29.7 Å². The van der Waals surface area contributed by atoms with E-state index in [1.165, 1.54) is 23.0 Å². The Morgan fingerprint density at radius 2 is 1.58 bits per heavy atom. The molecule has 0 bridgehead atoms. The van der Waals surface area contributed by atoms with Crippen LogP contribution in [0.3, 0.4) is 0 Å². The second-order valence-electron chi connectivity index (χ2n) is 8.53. The van der Waals surface area contributed by atoms with Crippen LogP contribution in [0.2, 0.25) is 0 Å². The smallest absolute Gasteiger partial charge is 0.317 e. The summed E-state index contributed by atoms with van der Waals surface area (Å²) >= 11 is 0. The van der Waals surface area contributed by atoms with Gasteiger partial charge in [0.15, 0.2) is 0 Å². The van der Waals surface area contributed by atoms with Gasteiger partial charge in [-0.2, -0.15) is 0 Å². The second kappa shape index (κ2) is 7.81. The fraction of sp³-hybridized carbons (Fsp3) is 0.375. The Morgan fingerprint density at radius 3 is 2.29 bits per heavy atom. The number of nitrogens with one attached hydrogen (secondary N) is 2. The molecule has 2 aliphatic heterocycles. The molecule has 2 N–H and O–H groups in total. The minimum absolute atomic E-state index is 0.237. The Labute approximate surface area is 180 Å². The van der Waals surface area contributed by atoms with E-state index in [-0.39, 0.29) is 18.0 Å². The summed E-state index contributed by atoms with van der Waals surface area (Å²) in [5, 5.41) is 5.76. The average molecular weight is 418 g/mol. The number of hydrogen-bond acceptors (Lipinski definition) is 4.